The minimum absolute atomic E-state index is 0.141. The van der Waals surface area contributed by atoms with Crippen LogP contribution in [0.5, 0.6) is 0 Å². The van der Waals surface area contributed by atoms with Crippen LogP contribution in [0.15, 0.2) is 34.4 Å². The number of nitrogens with one attached hydrogen (secondary N) is 1. The number of nitrogens with zero attached hydrogens (tertiary/aromatic N) is 1. The van der Waals surface area contributed by atoms with Gasteiger partial charge in [-0.2, -0.15) is 0 Å². The summed E-state index contributed by atoms with van der Waals surface area (Å²) in [7, 11) is 0. The van der Waals surface area contributed by atoms with Gasteiger partial charge in [-0.05, 0) is 35.8 Å². The Morgan fingerprint density at radius 2 is 2.00 bits per heavy atom. The number of aromatic nitrogens is 2. The van der Waals surface area contributed by atoms with Gasteiger partial charge in [0.1, 0.15) is 4.70 Å². The summed E-state index contributed by atoms with van der Waals surface area (Å²) in [6.07, 6.45) is 0. The molecule has 0 bridgehead atoms. The number of hydrogen-bond donors (Lipinski definition) is 1. The number of rotatable bonds is 1. The van der Waals surface area contributed by atoms with E-state index in [4.69, 9.17) is 12.2 Å². The maximum Gasteiger partial charge on any atom is 0.276 e. The smallest absolute Gasteiger partial charge is 0.276 e. The van der Waals surface area contributed by atoms with Crippen LogP contribution >= 0.6 is 23.6 Å². The molecule has 3 rings (SSSR count). The fourth-order valence-corrected chi connectivity index (χ4v) is 2.87. The highest BCUT2D eigenvalue weighted by Crippen LogP contribution is 2.17. The second-order valence-corrected chi connectivity index (χ2v) is 5.14. The molecule has 3 nitrogen and oxygen atoms in total. The quantitative estimate of drug-likeness (QED) is 0.699. The molecule has 3 aromatic rings. The third-order valence-electron chi connectivity index (χ3n) is 2.67. The molecule has 2 heterocycles. The van der Waals surface area contributed by atoms with Crippen molar-refractivity contribution in [1.29, 1.82) is 0 Å². The fourth-order valence-electron chi connectivity index (χ4n) is 1.80. The first-order valence-electron chi connectivity index (χ1n) is 5.26. The fraction of sp³-hybridized carbons (Fsp3) is 0. The molecule has 0 aliphatic heterocycles. The van der Waals surface area contributed by atoms with Gasteiger partial charge in [0.25, 0.3) is 5.56 Å². The first-order valence-corrected chi connectivity index (χ1v) is 6.54. The molecule has 0 aliphatic rings. The van der Waals surface area contributed by atoms with Gasteiger partial charge in [0.05, 0.1) is 11.2 Å². The van der Waals surface area contributed by atoms with Gasteiger partial charge in [0.2, 0.25) is 0 Å². The van der Waals surface area contributed by atoms with E-state index in [9.17, 15) is 13.6 Å². The first-order chi connectivity index (χ1) is 9.08. The number of fused-ring (bicyclic) bond motifs is 1. The molecule has 0 fully saturated rings. The Hall–Kier alpha value is -1.86. The third kappa shape index (κ3) is 1.91. The summed E-state index contributed by atoms with van der Waals surface area (Å²) in [5.74, 6) is -1.99. The molecule has 0 amide bonds. The standard InChI is InChI=1S/C12H6F2N2OS2/c13-7-2-1-6(5-8(7)14)16-11(17)10-9(3-4-19-10)15-12(16)18/h1-5H,(H,15,18). The highest BCUT2D eigenvalue weighted by atomic mass is 32.1. The van der Waals surface area contributed by atoms with Gasteiger partial charge in [-0.25, -0.2) is 8.78 Å². The SMILES string of the molecule is O=c1c2sccc2[nH]c(=S)n1-c1ccc(F)c(F)c1. The zero-order valence-electron chi connectivity index (χ0n) is 9.31. The minimum Gasteiger partial charge on any atom is -0.331 e. The Morgan fingerprint density at radius 3 is 2.74 bits per heavy atom. The van der Waals surface area contributed by atoms with Gasteiger partial charge in [-0.15, -0.1) is 11.3 Å². The third-order valence-corrected chi connectivity index (χ3v) is 3.86. The molecule has 1 N–H and O–H groups in total. The summed E-state index contributed by atoms with van der Waals surface area (Å²) >= 11 is 6.35. The van der Waals surface area contributed by atoms with Gasteiger partial charge in [0.15, 0.2) is 16.4 Å². The van der Waals surface area contributed by atoms with Crippen molar-refractivity contribution in [3.05, 3.63) is 56.4 Å². The van der Waals surface area contributed by atoms with E-state index in [1.807, 2.05) is 0 Å². The second-order valence-electron chi connectivity index (χ2n) is 3.83. The van der Waals surface area contributed by atoms with Crippen LogP contribution in [0.4, 0.5) is 8.78 Å². The zero-order valence-corrected chi connectivity index (χ0v) is 10.9. The lowest BCUT2D eigenvalue weighted by atomic mass is 10.3. The molecule has 96 valence electrons. The van der Waals surface area contributed by atoms with E-state index in [2.05, 4.69) is 4.98 Å². The Kier molecular flexibility index (Phi) is 2.79. The van der Waals surface area contributed by atoms with Gasteiger partial charge < -0.3 is 4.98 Å². The summed E-state index contributed by atoms with van der Waals surface area (Å²) in [6, 6.07) is 4.96. The maximum absolute atomic E-state index is 13.3. The number of hydrogen-bond acceptors (Lipinski definition) is 3. The van der Waals surface area contributed by atoms with Gasteiger partial charge in [-0.1, -0.05) is 0 Å². The van der Waals surface area contributed by atoms with Crippen LogP contribution in [0.2, 0.25) is 0 Å². The lowest BCUT2D eigenvalue weighted by Crippen LogP contribution is -2.19. The largest absolute Gasteiger partial charge is 0.331 e. The van der Waals surface area contributed by atoms with Crippen molar-refractivity contribution < 1.29 is 8.78 Å². The first kappa shape index (κ1) is 12.2. The van der Waals surface area contributed by atoms with Crippen molar-refractivity contribution in [3.63, 3.8) is 0 Å². The predicted molar refractivity (Wildman–Crippen MR) is 72.5 cm³/mol. The van der Waals surface area contributed by atoms with E-state index in [0.29, 0.717) is 10.2 Å². The summed E-state index contributed by atoms with van der Waals surface area (Å²) in [6.45, 7) is 0. The van der Waals surface area contributed by atoms with Gasteiger partial charge in [0, 0.05) is 6.07 Å². The van der Waals surface area contributed by atoms with Crippen LogP contribution in [-0.4, -0.2) is 9.55 Å². The monoisotopic (exact) mass is 296 g/mol. The Balaban J connectivity index is 2.38. The van der Waals surface area contributed by atoms with Gasteiger partial charge >= 0.3 is 0 Å². The van der Waals surface area contributed by atoms with Gasteiger partial charge in [-0.3, -0.25) is 9.36 Å². The van der Waals surface area contributed by atoms with E-state index < -0.39 is 11.6 Å². The molecule has 1 aromatic carbocycles. The van der Waals surface area contributed by atoms with E-state index in [0.717, 1.165) is 16.7 Å². The molecule has 0 spiro atoms. The van der Waals surface area contributed by atoms with Crippen LogP contribution in [-0.2, 0) is 0 Å². The van der Waals surface area contributed by atoms with Crippen LogP contribution in [0.3, 0.4) is 0 Å². The van der Waals surface area contributed by atoms with Crippen molar-refractivity contribution in [1.82, 2.24) is 9.55 Å². The van der Waals surface area contributed by atoms with Crippen LogP contribution in [0.1, 0.15) is 0 Å². The van der Waals surface area contributed by atoms with Crippen LogP contribution in [0, 0.1) is 16.4 Å². The molecule has 0 radical (unpaired) electrons. The molecule has 0 saturated heterocycles. The highest BCUT2D eigenvalue weighted by Gasteiger charge is 2.10. The highest BCUT2D eigenvalue weighted by molar-refractivity contribution is 7.71. The molecule has 0 saturated carbocycles. The molecule has 19 heavy (non-hydrogen) atoms. The number of halogens is 2. The van der Waals surface area contributed by atoms with Crippen LogP contribution in [0.25, 0.3) is 15.9 Å². The van der Waals surface area contributed by atoms with E-state index in [1.54, 1.807) is 11.4 Å². The van der Waals surface area contributed by atoms with Crippen molar-refractivity contribution in [2.24, 2.45) is 0 Å². The maximum atomic E-state index is 13.3. The average molecular weight is 296 g/mol. The van der Waals surface area contributed by atoms with Crippen molar-refractivity contribution in [2.75, 3.05) is 0 Å². The molecule has 0 unspecified atom stereocenters. The molecular formula is C12H6F2N2OS2. The molecule has 0 aliphatic carbocycles. The van der Waals surface area contributed by atoms with E-state index in [1.165, 1.54) is 17.4 Å². The number of aromatic amines is 1. The zero-order chi connectivity index (χ0) is 13.6. The van der Waals surface area contributed by atoms with Crippen molar-refractivity contribution >= 4 is 33.8 Å². The Bertz CT molecular complexity index is 895. The average Bonchev–Trinajstić information content (AvgIpc) is 2.82. The van der Waals surface area contributed by atoms with Crippen molar-refractivity contribution in [2.45, 2.75) is 0 Å². The summed E-state index contributed by atoms with van der Waals surface area (Å²) < 4.78 is 27.9. The summed E-state index contributed by atoms with van der Waals surface area (Å²) in [5, 5.41) is 1.76. The molecule has 7 heteroatoms. The number of H-pyrrole nitrogens is 1. The van der Waals surface area contributed by atoms with Crippen LogP contribution < -0.4 is 5.56 Å². The van der Waals surface area contributed by atoms with E-state index >= 15 is 0 Å². The lowest BCUT2D eigenvalue weighted by Gasteiger charge is -2.06. The normalized spacial score (nSPS) is 11.1. The predicted octanol–water partition coefficient (Wildman–Crippen LogP) is 3.39. The molecular weight excluding hydrogens is 290 g/mol. The molecule has 2 aromatic heterocycles. The summed E-state index contributed by atoms with van der Waals surface area (Å²) in [4.78, 5) is 15.2. The minimum atomic E-state index is -1.02. The Labute approximate surface area is 114 Å². The van der Waals surface area contributed by atoms with Crippen molar-refractivity contribution in [3.8, 4) is 5.69 Å². The number of thiophene rings is 1. The topological polar surface area (TPSA) is 37.8 Å². The Morgan fingerprint density at radius 1 is 1.21 bits per heavy atom. The number of benzene rings is 1. The molecule has 0 atom stereocenters. The lowest BCUT2D eigenvalue weighted by molar-refractivity contribution is 0.508. The van der Waals surface area contributed by atoms with E-state index in [-0.39, 0.29) is 16.0 Å². The summed E-state index contributed by atoms with van der Waals surface area (Å²) in [5.41, 5.74) is 0.485. The second kappa shape index (κ2) is 4.36.